The molecular weight excluding hydrogens is 240 g/mol. The van der Waals surface area contributed by atoms with Gasteiger partial charge in [0.1, 0.15) is 12.1 Å². The summed E-state index contributed by atoms with van der Waals surface area (Å²) in [7, 11) is 0. The molecule has 2 atom stereocenters. The SMILES string of the molecule is C/C=C/CCN1C(=O)C(C2CC2)NC(=O)C1C(C)C. The van der Waals surface area contributed by atoms with Crippen LogP contribution in [-0.2, 0) is 9.59 Å². The maximum absolute atomic E-state index is 12.5. The fourth-order valence-electron chi connectivity index (χ4n) is 2.80. The first kappa shape index (κ1) is 14.1. The van der Waals surface area contributed by atoms with E-state index in [1.807, 2.05) is 32.9 Å². The minimum atomic E-state index is -0.312. The summed E-state index contributed by atoms with van der Waals surface area (Å²) in [6.45, 7) is 6.61. The van der Waals surface area contributed by atoms with E-state index < -0.39 is 0 Å². The summed E-state index contributed by atoms with van der Waals surface area (Å²) in [5.41, 5.74) is 0. The first-order valence-electron chi connectivity index (χ1n) is 7.28. The van der Waals surface area contributed by atoms with Crippen molar-refractivity contribution in [3.63, 3.8) is 0 Å². The molecule has 0 radical (unpaired) electrons. The van der Waals surface area contributed by atoms with Gasteiger partial charge in [-0.15, -0.1) is 0 Å². The Bertz CT molecular complexity index is 386. The average molecular weight is 264 g/mol. The molecule has 2 amide bonds. The molecule has 1 N–H and O–H groups in total. The molecule has 2 unspecified atom stereocenters. The van der Waals surface area contributed by atoms with Gasteiger partial charge in [0.15, 0.2) is 0 Å². The van der Waals surface area contributed by atoms with Crippen molar-refractivity contribution in [1.29, 1.82) is 0 Å². The Kier molecular flexibility index (Phi) is 4.27. The second kappa shape index (κ2) is 5.76. The highest BCUT2D eigenvalue weighted by Gasteiger charge is 2.47. The van der Waals surface area contributed by atoms with Crippen molar-refractivity contribution in [1.82, 2.24) is 10.2 Å². The van der Waals surface area contributed by atoms with Gasteiger partial charge < -0.3 is 10.2 Å². The number of carbonyl (C=O) groups excluding carboxylic acids is 2. The van der Waals surface area contributed by atoms with Gasteiger partial charge in [0, 0.05) is 6.54 Å². The minimum Gasteiger partial charge on any atom is -0.342 e. The number of hydrogen-bond acceptors (Lipinski definition) is 2. The number of nitrogens with one attached hydrogen (secondary N) is 1. The van der Waals surface area contributed by atoms with E-state index in [0.29, 0.717) is 12.5 Å². The van der Waals surface area contributed by atoms with E-state index in [-0.39, 0.29) is 29.8 Å². The van der Waals surface area contributed by atoms with Crippen LogP contribution in [0.5, 0.6) is 0 Å². The van der Waals surface area contributed by atoms with E-state index in [4.69, 9.17) is 0 Å². The molecule has 106 valence electrons. The first-order valence-corrected chi connectivity index (χ1v) is 7.28. The van der Waals surface area contributed by atoms with Crippen LogP contribution in [0.1, 0.15) is 40.0 Å². The highest BCUT2D eigenvalue weighted by atomic mass is 16.2. The summed E-state index contributed by atoms with van der Waals surface area (Å²) in [4.78, 5) is 26.6. The van der Waals surface area contributed by atoms with Gasteiger partial charge in [-0.25, -0.2) is 0 Å². The Hall–Kier alpha value is -1.32. The van der Waals surface area contributed by atoms with Crippen LogP contribution in [0.2, 0.25) is 0 Å². The van der Waals surface area contributed by atoms with Crippen molar-refractivity contribution in [2.75, 3.05) is 6.54 Å². The van der Waals surface area contributed by atoms with Crippen LogP contribution in [-0.4, -0.2) is 35.3 Å². The van der Waals surface area contributed by atoms with Gasteiger partial charge in [0.05, 0.1) is 0 Å². The van der Waals surface area contributed by atoms with E-state index in [9.17, 15) is 9.59 Å². The number of rotatable bonds is 5. The molecule has 1 aliphatic carbocycles. The lowest BCUT2D eigenvalue weighted by Crippen LogP contribution is -2.65. The molecule has 2 rings (SSSR count). The van der Waals surface area contributed by atoms with Crippen molar-refractivity contribution in [2.45, 2.75) is 52.1 Å². The number of nitrogens with zero attached hydrogens (tertiary/aromatic N) is 1. The molecule has 1 aliphatic heterocycles. The molecule has 2 aliphatic rings. The lowest BCUT2D eigenvalue weighted by atomic mass is 9.95. The van der Waals surface area contributed by atoms with Gasteiger partial charge in [-0.3, -0.25) is 9.59 Å². The van der Waals surface area contributed by atoms with Crippen LogP contribution in [0.4, 0.5) is 0 Å². The van der Waals surface area contributed by atoms with Crippen molar-refractivity contribution in [3.05, 3.63) is 12.2 Å². The van der Waals surface area contributed by atoms with Gasteiger partial charge in [-0.2, -0.15) is 0 Å². The number of piperazine rings is 1. The lowest BCUT2D eigenvalue weighted by Gasteiger charge is -2.41. The van der Waals surface area contributed by atoms with Gasteiger partial charge in [0.25, 0.3) is 0 Å². The predicted molar refractivity (Wildman–Crippen MR) is 74.4 cm³/mol. The molecule has 0 spiro atoms. The second-order valence-corrected chi connectivity index (χ2v) is 5.90. The molecule has 0 aromatic heterocycles. The van der Waals surface area contributed by atoms with Gasteiger partial charge in [-0.05, 0) is 38.0 Å². The number of hydrogen-bond donors (Lipinski definition) is 1. The molecule has 0 bridgehead atoms. The fraction of sp³-hybridized carbons (Fsp3) is 0.733. The van der Waals surface area contributed by atoms with E-state index >= 15 is 0 Å². The second-order valence-electron chi connectivity index (χ2n) is 5.90. The minimum absolute atomic E-state index is 0.0204. The van der Waals surface area contributed by atoms with Crippen molar-refractivity contribution in [3.8, 4) is 0 Å². The number of amides is 2. The third-order valence-corrected chi connectivity index (χ3v) is 3.95. The Morgan fingerprint density at radius 1 is 1.37 bits per heavy atom. The van der Waals surface area contributed by atoms with Crippen LogP contribution in [0.3, 0.4) is 0 Å². The summed E-state index contributed by atoms with van der Waals surface area (Å²) in [6, 6.07) is -0.583. The molecule has 19 heavy (non-hydrogen) atoms. The van der Waals surface area contributed by atoms with Gasteiger partial charge in [-0.1, -0.05) is 26.0 Å². The maximum atomic E-state index is 12.5. The molecule has 1 heterocycles. The zero-order chi connectivity index (χ0) is 14.0. The normalized spacial score (nSPS) is 28.3. The largest absolute Gasteiger partial charge is 0.342 e. The van der Waals surface area contributed by atoms with Crippen LogP contribution < -0.4 is 5.32 Å². The summed E-state index contributed by atoms with van der Waals surface area (Å²) < 4.78 is 0. The molecule has 1 saturated heterocycles. The zero-order valence-electron chi connectivity index (χ0n) is 12.1. The third kappa shape index (κ3) is 2.99. The van der Waals surface area contributed by atoms with Crippen LogP contribution >= 0.6 is 0 Å². The van der Waals surface area contributed by atoms with E-state index in [2.05, 4.69) is 5.32 Å². The standard InChI is InChI=1S/C15H24N2O2/c1-4-5-6-9-17-13(10(2)3)14(18)16-12(15(17)19)11-7-8-11/h4-5,10-13H,6-9H2,1-3H3,(H,16,18)/b5-4+. The predicted octanol–water partition coefficient (Wildman–Crippen LogP) is 1.71. The Labute approximate surface area is 115 Å². The topological polar surface area (TPSA) is 49.4 Å². The maximum Gasteiger partial charge on any atom is 0.246 e. The van der Waals surface area contributed by atoms with Crippen molar-refractivity contribution < 1.29 is 9.59 Å². The first-order chi connectivity index (χ1) is 9.06. The average Bonchev–Trinajstić information content (AvgIpc) is 3.16. The van der Waals surface area contributed by atoms with Gasteiger partial charge >= 0.3 is 0 Å². The number of allylic oxidation sites excluding steroid dienone is 1. The van der Waals surface area contributed by atoms with Crippen LogP contribution in [0.25, 0.3) is 0 Å². The number of carbonyl (C=O) groups is 2. The Balaban J connectivity index is 2.13. The molecular formula is C15H24N2O2. The Morgan fingerprint density at radius 2 is 2.05 bits per heavy atom. The van der Waals surface area contributed by atoms with E-state index in [1.165, 1.54) is 0 Å². The van der Waals surface area contributed by atoms with Gasteiger partial charge in [0.2, 0.25) is 11.8 Å². The monoisotopic (exact) mass is 264 g/mol. The Morgan fingerprint density at radius 3 is 2.58 bits per heavy atom. The summed E-state index contributed by atoms with van der Waals surface area (Å²) in [6.07, 6.45) is 6.97. The molecule has 1 saturated carbocycles. The van der Waals surface area contributed by atoms with E-state index in [1.54, 1.807) is 4.90 Å². The molecule has 0 aromatic rings. The lowest BCUT2D eigenvalue weighted by molar-refractivity contribution is -0.151. The molecule has 4 nitrogen and oxygen atoms in total. The molecule has 0 aromatic carbocycles. The van der Waals surface area contributed by atoms with E-state index in [0.717, 1.165) is 19.3 Å². The summed E-state index contributed by atoms with van der Waals surface area (Å²) >= 11 is 0. The summed E-state index contributed by atoms with van der Waals surface area (Å²) in [5, 5.41) is 2.93. The van der Waals surface area contributed by atoms with Crippen LogP contribution in [0.15, 0.2) is 12.2 Å². The quantitative estimate of drug-likeness (QED) is 0.769. The molecule has 4 heteroatoms. The zero-order valence-corrected chi connectivity index (χ0v) is 12.1. The highest BCUT2D eigenvalue weighted by molar-refractivity contribution is 5.97. The van der Waals surface area contributed by atoms with Crippen molar-refractivity contribution in [2.24, 2.45) is 11.8 Å². The van der Waals surface area contributed by atoms with Crippen LogP contribution in [0, 0.1) is 11.8 Å². The third-order valence-electron chi connectivity index (χ3n) is 3.95. The van der Waals surface area contributed by atoms with Crippen molar-refractivity contribution >= 4 is 11.8 Å². The highest BCUT2D eigenvalue weighted by Crippen LogP contribution is 2.35. The fourth-order valence-corrected chi connectivity index (χ4v) is 2.80. The smallest absolute Gasteiger partial charge is 0.246 e. The summed E-state index contributed by atoms with van der Waals surface area (Å²) in [5.74, 6) is 0.653. The molecule has 2 fully saturated rings.